The molecule has 0 saturated carbocycles. The van der Waals surface area contributed by atoms with Gasteiger partial charge in [-0.25, -0.2) is 0 Å². The summed E-state index contributed by atoms with van der Waals surface area (Å²) in [6.45, 7) is 17.3. The number of hydrogen-bond acceptors (Lipinski definition) is 3. The molecule has 0 aromatic carbocycles. The maximum absolute atomic E-state index is 3.67. The Kier molecular flexibility index (Phi) is 10.6. The van der Waals surface area contributed by atoms with Gasteiger partial charge in [-0.05, 0) is 32.5 Å². The molecule has 0 spiro atoms. The van der Waals surface area contributed by atoms with Crippen molar-refractivity contribution in [3.8, 4) is 0 Å². The molecule has 0 aliphatic rings. The normalized spacial score (nSPS) is 15.5. The highest BCUT2D eigenvalue weighted by atomic mass is 15.2. The van der Waals surface area contributed by atoms with E-state index in [0.29, 0.717) is 6.04 Å². The summed E-state index contributed by atoms with van der Waals surface area (Å²) < 4.78 is 0. The maximum Gasteiger partial charge on any atom is 0.0220 e. The summed E-state index contributed by atoms with van der Waals surface area (Å²) in [6, 6.07) is 0.621. The summed E-state index contributed by atoms with van der Waals surface area (Å²) in [7, 11) is 4.31. The minimum absolute atomic E-state index is 0.621. The molecule has 0 aromatic rings. The van der Waals surface area contributed by atoms with Gasteiger partial charge in [0.05, 0.1) is 0 Å². The van der Waals surface area contributed by atoms with E-state index < -0.39 is 0 Å². The highest BCUT2D eigenvalue weighted by Crippen LogP contribution is 2.10. The number of rotatable bonds is 11. The van der Waals surface area contributed by atoms with Crippen LogP contribution in [0.5, 0.6) is 0 Å². The van der Waals surface area contributed by atoms with Gasteiger partial charge in [0.2, 0.25) is 0 Å². The second kappa shape index (κ2) is 10.6. The van der Waals surface area contributed by atoms with Crippen LogP contribution >= 0.6 is 0 Å². The van der Waals surface area contributed by atoms with Crippen LogP contribution in [0, 0.1) is 11.8 Å². The predicted octanol–water partition coefficient (Wildman–Crippen LogP) is 2.53. The van der Waals surface area contributed by atoms with Crippen molar-refractivity contribution >= 4 is 0 Å². The molecule has 116 valence electrons. The molecule has 2 unspecified atom stereocenters. The first kappa shape index (κ1) is 18.9. The second-order valence-corrected chi connectivity index (χ2v) is 6.51. The smallest absolute Gasteiger partial charge is 0.0220 e. The topological polar surface area (TPSA) is 18.5 Å². The summed E-state index contributed by atoms with van der Waals surface area (Å²) in [6.07, 6.45) is 1.25. The van der Waals surface area contributed by atoms with E-state index in [1.807, 2.05) is 0 Å². The zero-order valence-corrected chi connectivity index (χ0v) is 14.4. The molecule has 0 radical (unpaired) electrons. The lowest BCUT2D eigenvalue weighted by molar-refractivity contribution is 0.179. The van der Waals surface area contributed by atoms with Crippen LogP contribution in [-0.4, -0.2) is 62.7 Å². The largest absolute Gasteiger partial charge is 0.313 e. The summed E-state index contributed by atoms with van der Waals surface area (Å²) in [5, 5.41) is 3.67. The van der Waals surface area contributed by atoms with Crippen molar-refractivity contribution in [1.29, 1.82) is 0 Å². The first-order valence-electron chi connectivity index (χ1n) is 8.01. The number of hydrogen-bond donors (Lipinski definition) is 1. The van der Waals surface area contributed by atoms with E-state index in [1.165, 1.54) is 26.1 Å². The molecule has 3 heteroatoms. The molecule has 0 heterocycles. The van der Waals surface area contributed by atoms with Crippen molar-refractivity contribution in [2.45, 2.75) is 47.1 Å². The van der Waals surface area contributed by atoms with Gasteiger partial charge in [0.1, 0.15) is 0 Å². The Bertz CT molecular complexity index is 204. The summed E-state index contributed by atoms with van der Waals surface area (Å²) in [5.74, 6) is 1.48. The van der Waals surface area contributed by atoms with Gasteiger partial charge in [-0.1, -0.05) is 41.0 Å². The van der Waals surface area contributed by atoms with Crippen LogP contribution in [0.2, 0.25) is 0 Å². The van der Waals surface area contributed by atoms with Crippen LogP contribution < -0.4 is 5.32 Å². The van der Waals surface area contributed by atoms with E-state index in [0.717, 1.165) is 24.9 Å². The Hall–Kier alpha value is -0.120. The molecule has 19 heavy (non-hydrogen) atoms. The molecule has 0 aliphatic heterocycles. The highest BCUT2D eigenvalue weighted by Gasteiger charge is 2.19. The van der Waals surface area contributed by atoms with Gasteiger partial charge < -0.3 is 15.1 Å². The van der Waals surface area contributed by atoms with Crippen molar-refractivity contribution < 1.29 is 0 Å². The minimum Gasteiger partial charge on any atom is -0.313 e. The summed E-state index contributed by atoms with van der Waals surface area (Å²) >= 11 is 0. The third-order valence-corrected chi connectivity index (χ3v) is 3.74. The van der Waals surface area contributed by atoms with Crippen molar-refractivity contribution in [3.63, 3.8) is 0 Å². The monoisotopic (exact) mass is 271 g/mol. The second-order valence-electron chi connectivity index (χ2n) is 6.51. The number of likely N-dealkylation sites (N-methyl/N-ethyl adjacent to an activating group) is 2. The van der Waals surface area contributed by atoms with E-state index in [4.69, 9.17) is 0 Å². The Morgan fingerprint density at radius 1 is 0.947 bits per heavy atom. The Morgan fingerprint density at radius 3 is 2.00 bits per heavy atom. The summed E-state index contributed by atoms with van der Waals surface area (Å²) in [5.41, 5.74) is 0. The van der Waals surface area contributed by atoms with Gasteiger partial charge >= 0.3 is 0 Å². The van der Waals surface area contributed by atoms with Gasteiger partial charge in [-0.3, -0.25) is 0 Å². The van der Waals surface area contributed by atoms with Crippen LogP contribution in [0.1, 0.15) is 41.0 Å². The number of nitrogens with one attached hydrogen (secondary N) is 1. The fourth-order valence-corrected chi connectivity index (χ4v) is 2.39. The lowest BCUT2D eigenvalue weighted by Gasteiger charge is -2.33. The molecule has 1 N–H and O–H groups in total. The highest BCUT2D eigenvalue weighted by molar-refractivity contribution is 4.77. The van der Waals surface area contributed by atoms with Gasteiger partial charge in [0, 0.05) is 32.2 Å². The lowest BCUT2D eigenvalue weighted by atomic mass is 9.98. The average molecular weight is 271 g/mol. The first-order chi connectivity index (χ1) is 8.90. The lowest BCUT2D eigenvalue weighted by Crippen LogP contribution is -2.47. The van der Waals surface area contributed by atoms with Crippen molar-refractivity contribution in [3.05, 3.63) is 0 Å². The zero-order valence-electron chi connectivity index (χ0n) is 14.4. The van der Waals surface area contributed by atoms with Gasteiger partial charge in [-0.2, -0.15) is 0 Å². The Morgan fingerprint density at radius 2 is 1.58 bits per heavy atom. The van der Waals surface area contributed by atoms with E-state index >= 15 is 0 Å². The van der Waals surface area contributed by atoms with Crippen molar-refractivity contribution in [1.82, 2.24) is 15.1 Å². The molecule has 0 bridgehead atoms. The van der Waals surface area contributed by atoms with Gasteiger partial charge in [-0.15, -0.1) is 0 Å². The standard InChI is InChI=1S/C16H37N3/c1-8-15(5)16(17-9-2)13-19(12-14(3)4)11-10-18(6)7/h14-17H,8-13H2,1-7H3. The van der Waals surface area contributed by atoms with Crippen LogP contribution in [-0.2, 0) is 0 Å². The Labute approximate surface area is 121 Å². The molecular formula is C16H37N3. The van der Waals surface area contributed by atoms with E-state index in [1.54, 1.807) is 0 Å². The minimum atomic E-state index is 0.621. The Balaban J connectivity index is 4.45. The van der Waals surface area contributed by atoms with Gasteiger partial charge in [0.15, 0.2) is 0 Å². The molecule has 0 amide bonds. The fourth-order valence-electron chi connectivity index (χ4n) is 2.39. The van der Waals surface area contributed by atoms with E-state index in [9.17, 15) is 0 Å². The molecule has 3 nitrogen and oxygen atoms in total. The average Bonchev–Trinajstić information content (AvgIpc) is 2.33. The van der Waals surface area contributed by atoms with E-state index in [-0.39, 0.29) is 0 Å². The molecule has 2 atom stereocenters. The quantitative estimate of drug-likeness (QED) is 0.623. The first-order valence-corrected chi connectivity index (χ1v) is 8.01. The van der Waals surface area contributed by atoms with E-state index in [2.05, 4.69) is 63.8 Å². The van der Waals surface area contributed by atoms with Crippen LogP contribution in [0.3, 0.4) is 0 Å². The molecule has 0 fully saturated rings. The molecule has 0 rings (SSSR count). The molecule has 0 aromatic heterocycles. The number of nitrogens with zero attached hydrogens (tertiary/aromatic N) is 2. The van der Waals surface area contributed by atoms with Crippen molar-refractivity contribution in [2.24, 2.45) is 11.8 Å². The van der Waals surface area contributed by atoms with Crippen molar-refractivity contribution in [2.75, 3.05) is 46.8 Å². The zero-order chi connectivity index (χ0) is 14.8. The third-order valence-electron chi connectivity index (χ3n) is 3.74. The fraction of sp³-hybridized carbons (Fsp3) is 1.00. The SMILES string of the molecule is CCNC(CN(CCN(C)C)CC(C)C)C(C)CC. The molecule has 0 aliphatic carbocycles. The third kappa shape index (κ3) is 9.42. The summed E-state index contributed by atoms with van der Waals surface area (Å²) in [4.78, 5) is 4.91. The van der Waals surface area contributed by atoms with Crippen LogP contribution in [0.25, 0.3) is 0 Å². The molecular weight excluding hydrogens is 234 g/mol. The molecule has 0 saturated heterocycles. The van der Waals surface area contributed by atoms with Crippen LogP contribution in [0.4, 0.5) is 0 Å². The maximum atomic E-state index is 3.67. The van der Waals surface area contributed by atoms with Crippen LogP contribution in [0.15, 0.2) is 0 Å². The predicted molar refractivity (Wildman–Crippen MR) is 86.8 cm³/mol. The van der Waals surface area contributed by atoms with Gasteiger partial charge in [0.25, 0.3) is 0 Å².